The minimum absolute atomic E-state index is 0.0689. The largest absolute Gasteiger partial charge is 0.497 e. The Hall–Kier alpha value is -2.95. The number of piperidine rings is 1. The zero-order chi connectivity index (χ0) is 24.1. The maximum absolute atomic E-state index is 13.4. The third-order valence-electron chi connectivity index (χ3n) is 5.80. The zero-order valence-corrected chi connectivity index (χ0v) is 20.7. The number of nitrogens with zero attached hydrogens (tertiary/aromatic N) is 2. The van der Waals surface area contributed by atoms with Crippen LogP contribution in [0, 0.1) is 12.8 Å². The van der Waals surface area contributed by atoms with Crippen molar-refractivity contribution >= 4 is 39.4 Å². The van der Waals surface area contributed by atoms with Gasteiger partial charge < -0.3 is 14.6 Å². The number of aromatic nitrogens is 1. The maximum Gasteiger partial charge on any atom is 0.248 e. The SMILES string of the molecule is COc1cccc(CNC(=O)C2CCN(S(=O)(=O)c3c(C)noc3/C=C/c3cccs3)CC2)c1. The second kappa shape index (κ2) is 10.5. The molecule has 4 rings (SSSR count). The summed E-state index contributed by atoms with van der Waals surface area (Å²) in [5.74, 6) is 0.641. The molecule has 1 aliphatic rings. The van der Waals surface area contributed by atoms with E-state index in [0.717, 1.165) is 16.2 Å². The van der Waals surface area contributed by atoms with Crippen molar-refractivity contribution in [3.05, 3.63) is 63.7 Å². The standard InChI is InChI=1S/C24H27N3O5S2/c1-17-23(22(32-26-17)9-8-21-7-4-14-33-21)34(29,30)27-12-10-19(11-13-27)24(28)25-16-18-5-3-6-20(15-18)31-2/h3-9,14-15,19H,10-13,16H2,1-2H3,(H,25,28)/b9-8+. The molecule has 1 N–H and O–H groups in total. The van der Waals surface area contributed by atoms with Crippen molar-refractivity contribution < 1.29 is 22.5 Å². The number of thiophene rings is 1. The molecule has 0 bridgehead atoms. The highest BCUT2D eigenvalue weighted by molar-refractivity contribution is 7.89. The molecule has 2 aromatic heterocycles. The van der Waals surface area contributed by atoms with E-state index in [1.807, 2.05) is 47.9 Å². The number of methoxy groups -OCH3 is 1. The molecular formula is C24H27N3O5S2. The summed E-state index contributed by atoms with van der Waals surface area (Å²) in [4.78, 5) is 13.7. The van der Waals surface area contributed by atoms with Gasteiger partial charge in [-0.2, -0.15) is 4.31 Å². The summed E-state index contributed by atoms with van der Waals surface area (Å²) in [7, 11) is -2.20. The van der Waals surface area contributed by atoms with Crippen LogP contribution in [0.5, 0.6) is 5.75 Å². The fourth-order valence-corrected chi connectivity index (χ4v) is 6.28. The first kappa shape index (κ1) is 24.2. The van der Waals surface area contributed by atoms with Gasteiger partial charge >= 0.3 is 0 Å². The Morgan fingerprint density at radius 1 is 1.26 bits per heavy atom. The highest BCUT2D eigenvalue weighted by Crippen LogP contribution is 2.29. The first-order chi connectivity index (χ1) is 16.4. The molecule has 1 aromatic carbocycles. The van der Waals surface area contributed by atoms with E-state index in [4.69, 9.17) is 9.26 Å². The first-order valence-electron chi connectivity index (χ1n) is 11.0. The summed E-state index contributed by atoms with van der Waals surface area (Å²) >= 11 is 1.54. The van der Waals surface area contributed by atoms with Gasteiger partial charge in [-0.05, 0) is 61.1 Å². The summed E-state index contributed by atoms with van der Waals surface area (Å²) in [6, 6.07) is 11.4. The lowest BCUT2D eigenvalue weighted by atomic mass is 9.97. The number of benzene rings is 1. The number of aryl methyl sites for hydroxylation is 1. The summed E-state index contributed by atoms with van der Waals surface area (Å²) in [6.07, 6.45) is 4.35. The second-order valence-corrected chi connectivity index (χ2v) is 10.9. The van der Waals surface area contributed by atoms with Gasteiger partial charge in [-0.3, -0.25) is 4.79 Å². The van der Waals surface area contributed by atoms with Crippen LogP contribution in [0.3, 0.4) is 0 Å². The lowest BCUT2D eigenvalue weighted by molar-refractivity contribution is -0.126. The molecule has 1 amide bonds. The summed E-state index contributed by atoms with van der Waals surface area (Å²) < 4.78 is 38.7. The van der Waals surface area contributed by atoms with Gasteiger partial charge in [-0.15, -0.1) is 11.3 Å². The molecule has 0 radical (unpaired) electrons. The number of rotatable bonds is 8. The summed E-state index contributed by atoms with van der Waals surface area (Å²) in [6.45, 7) is 2.54. The molecule has 3 aromatic rings. The molecule has 0 aliphatic carbocycles. The Kier molecular flexibility index (Phi) is 7.50. The predicted molar refractivity (Wildman–Crippen MR) is 131 cm³/mol. The minimum Gasteiger partial charge on any atom is -0.497 e. The van der Waals surface area contributed by atoms with Gasteiger partial charge in [0.1, 0.15) is 11.4 Å². The fraction of sp³-hybridized carbons (Fsp3) is 0.333. The number of nitrogens with one attached hydrogen (secondary N) is 1. The Morgan fingerprint density at radius 2 is 2.06 bits per heavy atom. The fourth-order valence-electron chi connectivity index (χ4n) is 3.95. The third kappa shape index (κ3) is 5.40. The van der Waals surface area contributed by atoms with Crippen LogP contribution in [0.1, 0.15) is 34.7 Å². The number of carbonyl (C=O) groups is 1. The molecule has 3 heterocycles. The number of carbonyl (C=O) groups excluding carboxylic acids is 1. The van der Waals surface area contributed by atoms with Crippen LogP contribution in [0.4, 0.5) is 0 Å². The molecule has 8 nitrogen and oxygen atoms in total. The molecule has 1 aliphatic heterocycles. The van der Waals surface area contributed by atoms with E-state index in [2.05, 4.69) is 10.5 Å². The van der Waals surface area contributed by atoms with Gasteiger partial charge in [-0.25, -0.2) is 8.42 Å². The van der Waals surface area contributed by atoms with E-state index in [9.17, 15) is 13.2 Å². The van der Waals surface area contributed by atoms with Gasteiger partial charge in [0.2, 0.25) is 15.9 Å². The first-order valence-corrected chi connectivity index (χ1v) is 13.3. The van der Waals surface area contributed by atoms with Gasteiger partial charge in [0.05, 0.1) is 7.11 Å². The van der Waals surface area contributed by atoms with E-state index in [-0.39, 0.29) is 35.6 Å². The second-order valence-electron chi connectivity index (χ2n) is 8.06. The van der Waals surface area contributed by atoms with E-state index >= 15 is 0 Å². The third-order valence-corrected chi connectivity index (χ3v) is 8.69. The van der Waals surface area contributed by atoms with E-state index in [1.54, 1.807) is 31.4 Å². The van der Waals surface area contributed by atoms with Crippen molar-refractivity contribution in [2.24, 2.45) is 5.92 Å². The van der Waals surface area contributed by atoms with E-state index < -0.39 is 10.0 Å². The van der Waals surface area contributed by atoms with Crippen molar-refractivity contribution in [2.75, 3.05) is 20.2 Å². The van der Waals surface area contributed by atoms with Crippen LogP contribution < -0.4 is 10.1 Å². The topological polar surface area (TPSA) is 102 Å². The minimum atomic E-state index is -3.80. The normalized spacial score (nSPS) is 15.6. The van der Waals surface area contributed by atoms with Crippen molar-refractivity contribution in [3.8, 4) is 5.75 Å². The summed E-state index contributed by atoms with van der Waals surface area (Å²) in [5, 5.41) is 8.78. The maximum atomic E-state index is 13.4. The summed E-state index contributed by atoms with van der Waals surface area (Å²) in [5.41, 5.74) is 1.27. The monoisotopic (exact) mass is 501 g/mol. The van der Waals surface area contributed by atoms with Gasteiger partial charge in [0.25, 0.3) is 0 Å². The van der Waals surface area contributed by atoms with Crippen molar-refractivity contribution in [3.63, 3.8) is 0 Å². The molecule has 0 spiro atoms. The van der Waals surface area contributed by atoms with E-state index in [0.29, 0.717) is 25.1 Å². The highest BCUT2D eigenvalue weighted by atomic mass is 32.2. The molecule has 0 atom stereocenters. The van der Waals surface area contributed by atoms with Crippen LogP contribution in [0.2, 0.25) is 0 Å². The number of hydrogen-bond acceptors (Lipinski definition) is 7. The van der Waals surface area contributed by atoms with Crippen molar-refractivity contribution in [2.45, 2.75) is 31.2 Å². The van der Waals surface area contributed by atoms with Crippen LogP contribution >= 0.6 is 11.3 Å². The van der Waals surface area contributed by atoms with Gasteiger partial charge in [0.15, 0.2) is 10.7 Å². The molecule has 1 fully saturated rings. The smallest absolute Gasteiger partial charge is 0.248 e. The molecule has 0 saturated carbocycles. The van der Waals surface area contributed by atoms with Crippen LogP contribution in [0.15, 0.2) is 51.2 Å². The molecular weight excluding hydrogens is 474 g/mol. The quantitative estimate of drug-likeness (QED) is 0.502. The number of sulfonamides is 1. The van der Waals surface area contributed by atoms with Gasteiger partial charge in [-0.1, -0.05) is 23.4 Å². The molecule has 1 saturated heterocycles. The van der Waals surface area contributed by atoms with Gasteiger partial charge in [0, 0.05) is 30.4 Å². The number of ether oxygens (including phenoxy) is 1. The van der Waals surface area contributed by atoms with E-state index in [1.165, 1.54) is 4.31 Å². The average molecular weight is 502 g/mol. The van der Waals surface area contributed by atoms with Crippen LogP contribution in [-0.2, 0) is 21.4 Å². The number of amides is 1. The Labute approximate surface area is 203 Å². The Balaban J connectivity index is 1.38. The zero-order valence-electron chi connectivity index (χ0n) is 19.1. The van der Waals surface area contributed by atoms with Crippen molar-refractivity contribution in [1.82, 2.24) is 14.8 Å². The number of hydrogen-bond donors (Lipinski definition) is 1. The van der Waals surface area contributed by atoms with Crippen LogP contribution in [0.25, 0.3) is 12.2 Å². The molecule has 180 valence electrons. The highest BCUT2D eigenvalue weighted by Gasteiger charge is 2.35. The lowest BCUT2D eigenvalue weighted by Gasteiger charge is -2.30. The molecule has 34 heavy (non-hydrogen) atoms. The van der Waals surface area contributed by atoms with Crippen molar-refractivity contribution in [1.29, 1.82) is 0 Å². The lowest BCUT2D eigenvalue weighted by Crippen LogP contribution is -2.43. The predicted octanol–water partition coefficient (Wildman–Crippen LogP) is 3.94. The Morgan fingerprint density at radius 3 is 2.76 bits per heavy atom. The molecule has 0 unspecified atom stereocenters. The average Bonchev–Trinajstić information content (AvgIpc) is 3.51. The van der Waals surface area contributed by atoms with Crippen LogP contribution in [-0.4, -0.2) is 44.0 Å². The molecule has 10 heteroatoms. The Bertz CT molecular complexity index is 1260.